The van der Waals surface area contributed by atoms with Crippen LogP contribution in [0.15, 0.2) is 60.8 Å². The van der Waals surface area contributed by atoms with Crippen LogP contribution >= 0.6 is 11.3 Å². The van der Waals surface area contributed by atoms with Gasteiger partial charge < -0.3 is 25.6 Å². The molecule has 4 aromatic rings. The number of thiophene rings is 1. The lowest BCUT2D eigenvalue weighted by atomic mass is 10.0. The minimum atomic E-state index is -0.355. The first-order valence-corrected chi connectivity index (χ1v) is 15.4. The highest BCUT2D eigenvalue weighted by atomic mass is 32.1. The summed E-state index contributed by atoms with van der Waals surface area (Å²) in [5, 5.41) is 10.2. The van der Waals surface area contributed by atoms with Crippen molar-refractivity contribution in [2.75, 3.05) is 36.4 Å². The molecule has 43 heavy (non-hydrogen) atoms. The van der Waals surface area contributed by atoms with Gasteiger partial charge in [-0.3, -0.25) is 14.5 Å². The van der Waals surface area contributed by atoms with Gasteiger partial charge in [-0.25, -0.2) is 9.78 Å². The highest BCUT2D eigenvalue weighted by molar-refractivity contribution is 7.21. The summed E-state index contributed by atoms with van der Waals surface area (Å²) < 4.78 is 6.01. The monoisotopic (exact) mass is 596 g/mol. The van der Waals surface area contributed by atoms with Crippen LogP contribution in [0.3, 0.4) is 0 Å². The third kappa shape index (κ3) is 5.19. The molecule has 2 saturated heterocycles. The van der Waals surface area contributed by atoms with E-state index in [4.69, 9.17) is 4.74 Å². The highest BCUT2D eigenvalue weighted by Crippen LogP contribution is 2.47. The Morgan fingerprint density at radius 1 is 1.09 bits per heavy atom. The molecule has 2 fully saturated rings. The van der Waals surface area contributed by atoms with Crippen molar-refractivity contribution >= 4 is 56.5 Å². The van der Waals surface area contributed by atoms with Crippen LogP contribution in [0.25, 0.3) is 10.2 Å². The lowest BCUT2D eigenvalue weighted by Crippen LogP contribution is -2.51. The molecule has 3 aliphatic rings. The van der Waals surface area contributed by atoms with Crippen molar-refractivity contribution in [3.63, 3.8) is 0 Å². The predicted octanol–water partition coefficient (Wildman–Crippen LogP) is 5.41. The van der Waals surface area contributed by atoms with Crippen LogP contribution in [0.4, 0.5) is 21.9 Å². The Labute approximate surface area is 253 Å². The van der Waals surface area contributed by atoms with Gasteiger partial charge >= 0.3 is 6.03 Å². The predicted molar refractivity (Wildman–Crippen MR) is 167 cm³/mol. The Balaban J connectivity index is 1.19. The van der Waals surface area contributed by atoms with Gasteiger partial charge in [0.25, 0.3) is 5.91 Å². The Bertz CT molecular complexity index is 1720. The van der Waals surface area contributed by atoms with E-state index in [0.717, 1.165) is 36.8 Å². The number of rotatable bonds is 6. The second-order valence-electron chi connectivity index (χ2n) is 11.2. The quantitative estimate of drug-likeness (QED) is 0.274. The number of nitrogens with zero attached hydrogens (tertiary/aromatic N) is 3. The van der Waals surface area contributed by atoms with Crippen molar-refractivity contribution in [1.82, 2.24) is 20.5 Å². The third-order valence-corrected chi connectivity index (χ3v) is 9.39. The molecule has 0 unspecified atom stereocenters. The fourth-order valence-corrected chi connectivity index (χ4v) is 7.28. The zero-order chi connectivity index (χ0) is 29.5. The Morgan fingerprint density at radius 2 is 1.95 bits per heavy atom. The molecule has 4 amide bonds. The molecule has 3 N–H and O–H groups in total. The average molecular weight is 597 g/mol. The van der Waals surface area contributed by atoms with Crippen molar-refractivity contribution < 1.29 is 19.1 Å². The van der Waals surface area contributed by atoms with Gasteiger partial charge in [-0.1, -0.05) is 18.2 Å². The van der Waals surface area contributed by atoms with Gasteiger partial charge in [0.2, 0.25) is 5.91 Å². The minimum absolute atomic E-state index is 0.00537. The fraction of sp³-hybridized carbons (Fsp3) is 0.312. The SMILES string of the molecule is Cc1cc(Oc2ccccc2)ccc1N1C(=O)Nc2ccnc3sc(C(=O)N[C@@H]4CCCN(C(=O)[C@H]5CCNC5)C4)c1c23. The molecule has 2 aromatic carbocycles. The maximum atomic E-state index is 13.9. The summed E-state index contributed by atoms with van der Waals surface area (Å²) in [6, 6.07) is 16.3. The lowest BCUT2D eigenvalue weighted by Gasteiger charge is -2.35. The number of para-hydroxylation sites is 1. The number of hydrogen-bond acceptors (Lipinski definition) is 7. The maximum Gasteiger partial charge on any atom is 0.331 e. The van der Waals surface area contributed by atoms with Crippen LogP contribution in [0.1, 0.15) is 34.5 Å². The first-order valence-electron chi connectivity index (χ1n) is 14.6. The van der Waals surface area contributed by atoms with Crippen molar-refractivity contribution in [1.29, 1.82) is 0 Å². The summed E-state index contributed by atoms with van der Waals surface area (Å²) in [7, 11) is 0. The van der Waals surface area contributed by atoms with Gasteiger partial charge in [0, 0.05) is 31.9 Å². The maximum absolute atomic E-state index is 13.9. The Morgan fingerprint density at radius 3 is 2.74 bits per heavy atom. The number of pyridine rings is 1. The van der Waals surface area contributed by atoms with Crippen LogP contribution < -0.4 is 25.6 Å². The van der Waals surface area contributed by atoms with Crippen LogP contribution in [0.5, 0.6) is 11.5 Å². The third-order valence-electron chi connectivity index (χ3n) is 8.31. The van der Waals surface area contributed by atoms with E-state index in [1.165, 1.54) is 11.3 Å². The van der Waals surface area contributed by atoms with Crippen molar-refractivity contribution in [2.24, 2.45) is 5.92 Å². The zero-order valence-corrected chi connectivity index (χ0v) is 24.6. The lowest BCUT2D eigenvalue weighted by molar-refractivity contribution is -0.136. The number of ether oxygens (including phenoxy) is 1. The molecule has 11 heteroatoms. The van der Waals surface area contributed by atoms with E-state index in [1.54, 1.807) is 17.2 Å². The number of urea groups is 1. The number of aryl methyl sites for hydroxylation is 1. The molecule has 5 heterocycles. The number of anilines is 3. The topological polar surface area (TPSA) is 116 Å². The number of carbonyl (C=O) groups excluding carboxylic acids is 3. The van der Waals surface area contributed by atoms with Crippen LogP contribution in [0.2, 0.25) is 0 Å². The summed E-state index contributed by atoms with van der Waals surface area (Å²) >= 11 is 1.27. The van der Waals surface area contributed by atoms with E-state index >= 15 is 0 Å². The number of likely N-dealkylation sites (tertiary alicyclic amines) is 1. The standard InChI is InChI=1S/C32H32N6O4S/c1-19-16-23(42-22-7-3-2-4-8-22)9-10-25(19)38-27-26-24(36-32(38)41)12-14-34-30(26)43-28(27)29(39)35-21-6-5-15-37(18-21)31(40)20-11-13-33-17-20/h2-4,7-10,12,14,16,20-21,33H,5-6,11,13,15,17-18H2,1H3,(H,35,39)(H,36,41)/t20-,21+/m0/s1. The van der Waals surface area contributed by atoms with Crippen LogP contribution in [-0.4, -0.2) is 60.0 Å². The van der Waals surface area contributed by atoms with Crippen molar-refractivity contribution in [3.8, 4) is 11.5 Å². The first kappa shape index (κ1) is 27.4. The zero-order valence-electron chi connectivity index (χ0n) is 23.8. The van der Waals surface area contributed by atoms with Crippen molar-refractivity contribution in [2.45, 2.75) is 32.2 Å². The molecule has 10 nitrogen and oxygen atoms in total. The largest absolute Gasteiger partial charge is 0.457 e. The molecule has 0 aliphatic carbocycles. The average Bonchev–Trinajstić information content (AvgIpc) is 3.68. The molecule has 3 aliphatic heterocycles. The summed E-state index contributed by atoms with van der Waals surface area (Å²) in [5.41, 5.74) is 2.59. The van der Waals surface area contributed by atoms with Gasteiger partial charge in [0.15, 0.2) is 0 Å². The van der Waals surface area contributed by atoms with Gasteiger partial charge in [-0.05, 0) is 74.7 Å². The molecule has 0 saturated carbocycles. The number of aromatic nitrogens is 1. The number of hydrogen-bond donors (Lipinski definition) is 3. The molecule has 0 radical (unpaired) electrons. The molecule has 7 rings (SSSR count). The number of carbonyl (C=O) groups is 3. The second kappa shape index (κ2) is 11.3. The van der Waals surface area contributed by atoms with E-state index in [9.17, 15) is 14.4 Å². The van der Waals surface area contributed by atoms with Crippen LogP contribution in [-0.2, 0) is 4.79 Å². The molecular formula is C32H32N6O4S. The molecule has 0 spiro atoms. The number of benzene rings is 2. The summed E-state index contributed by atoms with van der Waals surface area (Å²) in [6.45, 7) is 4.68. The molecular weight excluding hydrogens is 564 g/mol. The van der Waals surface area contributed by atoms with Gasteiger partial charge in [-0.15, -0.1) is 11.3 Å². The van der Waals surface area contributed by atoms with E-state index in [1.807, 2.05) is 60.4 Å². The van der Waals surface area contributed by atoms with Crippen molar-refractivity contribution in [3.05, 3.63) is 71.2 Å². The van der Waals surface area contributed by atoms with Crippen LogP contribution in [0, 0.1) is 12.8 Å². The minimum Gasteiger partial charge on any atom is -0.457 e. The van der Waals surface area contributed by atoms with Gasteiger partial charge in [0.05, 0.1) is 28.4 Å². The Kier molecular flexibility index (Phi) is 7.20. The highest BCUT2D eigenvalue weighted by Gasteiger charge is 2.36. The summed E-state index contributed by atoms with van der Waals surface area (Å²) in [6.07, 6.45) is 4.10. The number of amides is 4. The molecule has 2 aromatic heterocycles. The fourth-order valence-electron chi connectivity index (χ4n) is 6.22. The Hall–Kier alpha value is -4.48. The van der Waals surface area contributed by atoms with Gasteiger partial charge in [-0.2, -0.15) is 0 Å². The summed E-state index contributed by atoms with van der Waals surface area (Å²) in [4.78, 5) is 49.7. The normalized spacial score (nSPS) is 19.8. The second-order valence-corrected chi connectivity index (χ2v) is 12.2. The van der Waals surface area contributed by atoms with E-state index in [2.05, 4.69) is 20.9 Å². The van der Waals surface area contributed by atoms with E-state index in [0.29, 0.717) is 57.9 Å². The first-order chi connectivity index (χ1) is 21.0. The number of piperidine rings is 1. The van der Waals surface area contributed by atoms with E-state index in [-0.39, 0.29) is 29.8 Å². The molecule has 0 bridgehead atoms. The number of nitrogens with one attached hydrogen (secondary N) is 3. The molecule has 220 valence electrons. The smallest absolute Gasteiger partial charge is 0.331 e. The van der Waals surface area contributed by atoms with E-state index < -0.39 is 0 Å². The molecule has 2 atom stereocenters. The summed E-state index contributed by atoms with van der Waals surface area (Å²) in [5.74, 6) is 1.25. The van der Waals surface area contributed by atoms with Gasteiger partial charge in [0.1, 0.15) is 21.2 Å².